The Labute approximate surface area is 174 Å². The van der Waals surface area contributed by atoms with E-state index < -0.39 is 0 Å². The highest BCUT2D eigenvalue weighted by atomic mass is 32.1. The minimum atomic E-state index is 0.0469. The highest BCUT2D eigenvalue weighted by molar-refractivity contribution is 7.12. The number of hydrogen-bond acceptors (Lipinski definition) is 5. The van der Waals surface area contributed by atoms with Crippen LogP contribution >= 0.6 is 11.3 Å². The molecule has 0 radical (unpaired) electrons. The van der Waals surface area contributed by atoms with E-state index in [9.17, 15) is 9.59 Å². The third-order valence-corrected chi connectivity index (χ3v) is 7.38. The third-order valence-electron chi connectivity index (χ3n) is 6.52. The number of amides is 2. The molecule has 7 nitrogen and oxygen atoms in total. The maximum atomic E-state index is 13.0. The predicted octanol–water partition coefficient (Wildman–Crippen LogP) is 3.00. The van der Waals surface area contributed by atoms with Crippen molar-refractivity contribution in [1.82, 2.24) is 25.0 Å². The van der Waals surface area contributed by atoms with E-state index in [4.69, 9.17) is 4.98 Å². The van der Waals surface area contributed by atoms with Crippen LogP contribution in [0.5, 0.6) is 0 Å². The lowest BCUT2D eigenvalue weighted by atomic mass is 9.91. The number of H-pyrrole nitrogens is 1. The topological polar surface area (TPSA) is 82.2 Å². The Bertz CT molecular complexity index is 860. The van der Waals surface area contributed by atoms with Crippen LogP contribution in [0.4, 0.5) is 0 Å². The van der Waals surface area contributed by atoms with E-state index in [2.05, 4.69) is 10.2 Å². The molecule has 154 valence electrons. The van der Waals surface area contributed by atoms with E-state index in [0.29, 0.717) is 24.9 Å². The Hall–Kier alpha value is -2.22. The lowest BCUT2D eigenvalue weighted by molar-refractivity contribution is -0.138. The molecule has 29 heavy (non-hydrogen) atoms. The zero-order valence-electron chi connectivity index (χ0n) is 16.5. The number of carbonyl (C=O) groups is 2. The van der Waals surface area contributed by atoms with Gasteiger partial charge in [0.1, 0.15) is 5.82 Å². The first kappa shape index (κ1) is 18.8. The quantitative estimate of drug-likeness (QED) is 0.835. The summed E-state index contributed by atoms with van der Waals surface area (Å²) < 4.78 is 0. The van der Waals surface area contributed by atoms with Crippen molar-refractivity contribution in [3.8, 4) is 0 Å². The number of aromatic nitrogens is 3. The maximum absolute atomic E-state index is 13.0. The highest BCUT2D eigenvalue weighted by Gasteiger charge is 2.34. The van der Waals surface area contributed by atoms with Crippen molar-refractivity contribution in [2.75, 3.05) is 26.2 Å². The third kappa shape index (κ3) is 3.95. The van der Waals surface area contributed by atoms with Gasteiger partial charge in [-0.15, -0.1) is 11.3 Å². The van der Waals surface area contributed by atoms with Crippen LogP contribution in [0.3, 0.4) is 0 Å². The first-order valence-electron chi connectivity index (χ1n) is 10.7. The molecule has 0 spiro atoms. The van der Waals surface area contributed by atoms with Crippen molar-refractivity contribution in [2.24, 2.45) is 5.92 Å². The highest BCUT2D eigenvalue weighted by Crippen LogP contribution is 2.38. The van der Waals surface area contributed by atoms with Gasteiger partial charge in [-0.25, -0.2) is 4.98 Å². The van der Waals surface area contributed by atoms with Crippen molar-refractivity contribution in [3.63, 3.8) is 0 Å². The van der Waals surface area contributed by atoms with Crippen molar-refractivity contribution in [3.05, 3.63) is 34.0 Å². The second-order valence-corrected chi connectivity index (χ2v) is 9.44. The summed E-state index contributed by atoms with van der Waals surface area (Å²) in [4.78, 5) is 34.9. The van der Waals surface area contributed by atoms with Crippen LogP contribution in [-0.4, -0.2) is 63.0 Å². The summed E-state index contributed by atoms with van der Waals surface area (Å²) in [6.45, 7) is 2.92. The standard InChI is InChI=1S/C21H27N5O2S/c27-20(16-7-11-26(12-8-16)21(28)17-2-1-13-29-17)25-9-5-15(6-10-25)19-22-18(23-24-19)14-3-4-14/h1-2,13-16H,3-12H2,(H,22,23,24). The Morgan fingerprint density at radius 3 is 2.34 bits per heavy atom. The fourth-order valence-electron chi connectivity index (χ4n) is 4.51. The van der Waals surface area contributed by atoms with Crippen LogP contribution in [0.1, 0.15) is 71.7 Å². The van der Waals surface area contributed by atoms with Crippen molar-refractivity contribution in [2.45, 2.75) is 50.4 Å². The number of piperidine rings is 2. The van der Waals surface area contributed by atoms with Crippen molar-refractivity contribution < 1.29 is 9.59 Å². The van der Waals surface area contributed by atoms with Gasteiger partial charge in [-0.3, -0.25) is 14.7 Å². The number of likely N-dealkylation sites (tertiary alicyclic amines) is 2. The van der Waals surface area contributed by atoms with Gasteiger partial charge in [0.05, 0.1) is 4.88 Å². The maximum Gasteiger partial charge on any atom is 0.263 e. The normalized spacial score (nSPS) is 21.5. The molecule has 1 aliphatic carbocycles. The average molecular weight is 414 g/mol. The van der Waals surface area contributed by atoms with E-state index in [-0.39, 0.29) is 17.7 Å². The molecule has 0 bridgehead atoms. The molecule has 2 saturated heterocycles. The largest absolute Gasteiger partial charge is 0.342 e. The minimum absolute atomic E-state index is 0.0469. The number of nitrogens with one attached hydrogen (secondary N) is 1. The average Bonchev–Trinajstić information content (AvgIpc) is 3.27. The molecule has 2 aromatic heterocycles. The van der Waals surface area contributed by atoms with Gasteiger partial charge in [0.2, 0.25) is 5.91 Å². The van der Waals surface area contributed by atoms with Crippen molar-refractivity contribution in [1.29, 1.82) is 0 Å². The molecule has 4 heterocycles. The second kappa shape index (κ2) is 7.89. The number of nitrogens with zero attached hydrogens (tertiary/aromatic N) is 4. The molecule has 3 aliphatic rings. The molecular formula is C21H27N5O2S. The molecule has 3 fully saturated rings. The van der Waals surface area contributed by atoms with Crippen LogP contribution in [0.25, 0.3) is 0 Å². The number of carbonyl (C=O) groups excluding carboxylic acids is 2. The van der Waals surface area contributed by atoms with Gasteiger partial charge >= 0.3 is 0 Å². The number of aromatic amines is 1. The van der Waals surface area contributed by atoms with E-state index in [1.165, 1.54) is 24.2 Å². The van der Waals surface area contributed by atoms with Crippen LogP contribution in [0, 0.1) is 5.92 Å². The molecule has 0 atom stereocenters. The van der Waals surface area contributed by atoms with Gasteiger partial charge < -0.3 is 9.80 Å². The summed E-state index contributed by atoms with van der Waals surface area (Å²) >= 11 is 1.48. The zero-order chi connectivity index (χ0) is 19.8. The van der Waals surface area contributed by atoms with E-state index in [0.717, 1.165) is 55.3 Å². The predicted molar refractivity (Wildman–Crippen MR) is 110 cm³/mol. The first-order chi connectivity index (χ1) is 14.2. The van der Waals surface area contributed by atoms with Crippen LogP contribution in [0.2, 0.25) is 0 Å². The van der Waals surface area contributed by atoms with E-state index >= 15 is 0 Å². The second-order valence-electron chi connectivity index (χ2n) is 8.50. The van der Waals surface area contributed by atoms with Crippen LogP contribution in [0.15, 0.2) is 17.5 Å². The smallest absolute Gasteiger partial charge is 0.263 e. The van der Waals surface area contributed by atoms with E-state index in [1.54, 1.807) is 0 Å². The lowest BCUT2D eigenvalue weighted by Crippen LogP contribution is -2.46. The number of hydrogen-bond donors (Lipinski definition) is 1. The first-order valence-corrected chi connectivity index (χ1v) is 11.6. The van der Waals surface area contributed by atoms with Crippen LogP contribution in [-0.2, 0) is 4.79 Å². The minimum Gasteiger partial charge on any atom is -0.342 e. The van der Waals surface area contributed by atoms with E-state index in [1.807, 2.05) is 27.3 Å². The summed E-state index contributed by atoms with van der Waals surface area (Å²) in [5.74, 6) is 3.34. The molecule has 0 aromatic carbocycles. The summed E-state index contributed by atoms with van der Waals surface area (Å²) in [6, 6.07) is 3.78. The van der Waals surface area contributed by atoms with Gasteiger partial charge in [-0.05, 0) is 50.0 Å². The fourth-order valence-corrected chi connectivity index (χ4v) is 5.20. The van der Waals surface area contributed by atoms with Gasteiger partial charge in [0, 0.05) is 43.9 Å². The van der Waals surface area contributed by atoms with Gasteiger partial charge in [-0.2, -0.15) is 5.10 Å². The fraction of sp³-hybridized carbons (Fsp3) is 0.619. The summed E-state index contributed by atoms with van der Waals surface area (Å²) in [5.41, 5.74) is 0. The zero-order valence-corrected chi connectivity index (χ0v) is 17.4. The number of thiophene rings is 1. The Kier molecular flexibility index (Phi) is 5.11. The molecule has 8 heteroatoms. The van der Waals surface area contributed by atoms with Gasteiger partial charge in [0.25, 0.3) is 5.91 Å². The van der Waals surface area contributed by atoms with Crippen molar-refractivity contribution >= 4 is 23.2 Å². The SMILES string of the molecule is O=C(c1cccs1)N1CCC(C(=O)N2CCC(c3nc(C4CC4)n[nH]3)CC2)CC1. The molecule has 2 amide bonds. The monoisotopic (exact) mass is 413 g/mol. The molecule has 1 N–H and O–H groups in total. The summed E-state index contributed by atoms with van der Waals surface area (Å²) in [7, 11) is 0. The van der Waals surface area contributed by atoms with Gasteiger partial charge in [-0.1, -0.05) is 6.07 Å². The summed E-state index contributed by atoms with van der Waals surface area (Å²) in [5, 5.41) is 9.43. The number of rotatable bonds is 4. The Morgan fingerprint density at radius 1 is 0.966 bits per heavy atom. The molecule has 5 rings (SSSR count). The molecule has 2 aliphatic heterocycles. The van der Waals surface area contributed by atoms with Gasteiger partial charge in [0.15, 0.2) is 5.82 Å². The lowest BCUT2D eigenvalue weighted by Gasteiger charge is -2.36. The Morgan fingerprint density at radius 2 is 1.69 bits per heavy atom. The molecule has 2 aromatic rings. The molecule has 0 unspecified atom stereocenters. The molecular weight excluding hydrogens is 386 g/mol. The molecule has 1 saturated carbocycles. The summed E-state index contributed by atoms with van der Waals surface area (Å²) in [6.07, 6.45) is 5.84. The van der Waals surface area contributed by atoms with Crippen LogP contribution < -0.4 is 0 Å². The Balaban J connectivity index is 1.11.